The standard InChI is InChI=1S/C28H32N4O4/c1-16-10-6-8-12-20(16)30-26(34)24-22(33)14-28(4,36)25(23(24)19-15-29-32(5)18(19)3)27(35)31-21-13-9-7-11-17(21)2/h6-13,15,23-25,36H,14H2,1-5H3,(H,30,34)(H,31,35)/t23-,24-,25+,28+/m1/s1. The fourth-order valence-corrected chi connectivity index (χ4v) is 5.16. The maximum absolute atomic E-state index is 13.8. The molecule has 2 amide bonds. The van der Waals surface area contributed by atoms with Crippen molar-refractivity contribution in [2.24, 2.45) is 18.9 Å². The molecule has 1 aliphatic carbocycles. The zero-order valence-electron chi connectivity index (χ0n) is 21.2. The molecule has 3 aromatic rings. The highest BCUT2D eigenvalue weighted by Crippen LogP contribution is 2.47. The van der Waals surface area contributed by atoms with Gasteiger partial charge in [0.05, 0.1) is 17.7 Å². The summed E-state index contributed by atoms with van der Waals surface area (Å²) in [6, 6.07) is 14.6. The number of hydrogen-bond acceptors (Lipinski definition) is 5. The minimum absolute atomic E-state index is 0.319. The molecule has 4 rings (SSSR count). The van der Waals surface area contributed by atoms with Crippen molar-refractivity contribution in [2.75, 3.05) is 10.6 Å². The van der Waals surface area contributed by atoms with E-state index in [1.807, 2.05) is 51.1 Å². The van der Waals surface area contributed by atoms with E-state index in [2.05, 4.69) is 15.7 Å². The van der Waals surface area contributed by atoms with Crippen LogP contribution in [0.15, 0.2) is 54.7 Å². The van der Waals surface area contributed by atoms with E-state index in [9.17, 15) is 19.5 Å². The van der Waals surface area contributed by atoms with Gasteiger partial charge < -0.3 is 15.7 Å². The van der Waals surface area contributed by atoms with Crippen LogP contribution in [0.3, 0.4) is 0 Å². The summed E-state index contributed by atoms with van der Waals surface area (Å²) in [7, 11) is 1.76. The Morgan fingerprint density at radius 1 is 0.972 bits per heavy atom. The van der Waals surface area contributed by atoms with Crippen LogP contribution >= 0.6 is 0 Å². The first-order valence-corrected chi connectivity index (χ1v) is 12.0. The number of Topliss-reactive ketones (excluding diaryl/α,β-unsaturated/α-hetero) is 1. The third kappa shape index (κ3) is 4.68. The van der Waals surface area contributed by atoms with Crippen LogP contribution in [0.25, 0.3) is 0 Å². The SMILES string of the molecule is Cc1ccccc1NC(=O)[C@@H]1C(=O)C[C@](C)(O)[C@H](C(=O)Nc2ccccc2C)[C@@H]1c1cnn(C)c1C. The maximum atomic E-state index is 13.8. The van der Waals surface area contributed by atoms with Gasteiger partial charge in [0.1, 0.15) is 11.7 Å². The fraction of sp³-hybridized carbons (Fsp3) is 0.357. The van der Waals surface area contributed by atoms with Gasteiger partial charge in [-0.15, -0.1) is 0 Å². The second kappa shape index (κ2) is 9.70. The zero-order valence-corrected chi connectivity index (χ0v) is 21.2. The Morgan fingerprint density at radius 3 is 2.00 bits per heavy atom. The molecule has 0 unspecified atom stereocenters. The van der Waals surface area contributed by atoms with Crippen LogP contribution in [0, 0.1) is 32.6 Å². The van der Waals surface area contributed by atoms with E-state index in [1.54, 1.807) is 36.1 Å². The van der Waals surface area contributed by atoms with Crippen LogP contribution in [-0.4, -0.2) is 38.1 Å². The molecule has 0 saturated heterocycles. The van der Waals surface area contributed by atoms with Crippen molar-refractivity contribution in [2.45, 2.75) is 45.6 Å². The van der Waals surface area contributed by atoms with Crippen LogP contribution in [0.2, 0.25) is 0 Å². The van der Waals surface area contributed by atoms with Crippen molar-refractivity contribution in [3.8, 4) is 0 Å². The van der Waals surface area contributed by atoms with E-state index in [-0.39, 0.29) is 6.42 Å². The Hall–Kier alpha value is -3.78. The van der Waals surface area contributed by atoms with Crippen LogP contribution < -0.4 is 10.6 Å². The first-order chi connectivity index (χ1) is 17.0. The van der Waals surface area contributed by atoms with Gasteiger partial charge in [-0.25, -0.2) is 0 Å². The Bertz CT molecular complexity index is 1330. The number of nitrogens with one attached hydrogen (secondary N) is 2. The van der Waals surface area contributed by atoms with E-state index < -0.39 is 41.0 Å². The van der Waals surface area contributed by atoms with E-state index in [0.29, 0.717) is 22.6 Å². The molecular weight excluding hydrogens is 456 g/mol. The molecule has 0 radical (unpaired) electrons. The Balaban J connectivity index is 1.80. The van der Waals surface area contributed by atoms with Gasteiger partial charge in [-0.05, 0) is 56.5 Å². The lowest BCUT2D eigenvalue weighted by atomic mass is 9.61. The number of ketones is 1. The smallest absolute Gasteiger partial charge is 0.235 e. The van der Waals surface area contributed by atoms with Crippen LogP contribution in [-0.2, 0) is 21.4 Å². The molecule has 0 spiro atoms. The summed E-state index contributed by atoms with van der Waals surface area (Å²) in [5.41, 5.74) is 2.54. The molecule has 4 atom stereocenters. The van der Waals surface area contributed by atoms with E-state index in [1.165, 1.54) is 6.92 Å². The molecule has 3 N–H and O–H groups in total. The number of aryl methyl sites for hydroxylation is 3. The van der Waals surface area contributed by atoms with Gasteiger partial charge in [0.2, 0.25) is 11.8 Å². The monoisotopic (exact) mass is 488 g/mol. The highest BCUT2D eigenvalue weighted by Gasteiger charge is 2.56. The van der Waals surface area contributed by atoms with Crippen LogP contribution in [0.4, 0.5) is 11.4 Å². The van der Waals surface area contributed by atoms with Gasteiger partial charge in [-0.3, -0.25) is 19.1 Å². The molecule has 1 heterocycles. The van der Waals surface area contributed by atoms with Crippen molar-refractivity contribution in [1.29, 1.82) is 0 Å². The molecule has 0 bridgehead atoms. The Morgan fingerprint density at radius 2 is 1.50 bits per heavy atom. The first kappa shape index (κ1) is 25.3. The Labute approximate surface area is 210 Å². The number of nitrogens with zero attached hydrogens (tertiary/aromatic N) is 2. The van der Waals surface area contributed by atoms with Crippen molar-refractivity contribution < 1.29 is 19.5 Å². The van der Waals surface area contributed by atoms with Crippen molar-refractivity contribution in [3.05, 3.63) is 77.1 Å². The largest absolute Gasteiger partial charge is 0.389 e. The highest BCUT2D eigenvalue weighted by atomic mass is 16.3. The molecular formula is C28H32N4O4. The lowest BCUT2D eigenvalue weighted by Crippen LogP contribution is -2.56. The number of hydrogen-bond donors (Lipinski definition) is 3. The molecule has 188 valence electrons. The summed E-state index contributed by atoms with van der Waals surface area (Å²) >= 11 is 0. The molecule has 2 aromatic carbocycles. The summed E-state index contributed by atoms with van der Waals surface area (Å²) in [6.45, 7) is 7.05. The molecule has 8 heteroatoms. The predicted octanol–water partition coefficient (Wildman–Crippen LogP) is 3.66. The summed E-state index contributed by atoms with van der Waals surface area (Å²) < 4.78 is 1.63. The number of amides is 2. The quantitative estimate of drug-likeness (QED) is 0.475. The minimum atomic E-state index is -1.67. The van der Waals surface area contributed by atoms with Crippen molar-refractivity contribution in [3.63, 3.8) is 0 Å². The average Bonchev–Trinajstić information content (AvgIpc) is 3.13. The molecule has 1 saturated carbocycles. The molecule has 36 heavy (non-hydrogen) atoms. The topological polar surface area (TPSA) is 113 Å². The number of para-hydroxylation sites is 2. The van der Waals surface area contributed by atoms with Gasteiger partial charge in [-0.2, -0.15) is 5.10 Å². The predicted molar refractivity (Wildman–Crippen MR) is 138 cm³/mol. The lowest BCUT2D eigenvalue weighted by molar-refractivity contribution is -0.150. The van der Waals surface area contributed by atoms with Crippen LogP contribution in [0.5, 0.6) is 0 Å². The van der Waals surface area contributed by atoms with E-state index >= 15 is 0 Å². The number of benzene rings is 2. The number of anilines is 2. The Kier molecular flexibility index (Phi) is 6.82. The lowest BCUT2D eigenvalue weighted by Gasteiger charge is -2.44. The number of rotatable bonds is 5. The van der Waals surface area contributed by atoms with Gasteiger partial charge in [0.25, 0.3) is 0 Å². The van der Waals surface area contributed by atoms with Crippen molar-refractivity contribution in [1.82, 2.24) is 9.78 Å². The highest BCUT2D eigenvalue weighted by molar-refractivity contribution is 6.10. The molecule has 8 nitrogen and oxygen atoms in total. The molecule has 1 aliphatic rings. The summed E-state index contributed by atoms with van der Waals surface area (Å²) in [4.78, 5) is 40.9. The van der Waals surface area contributed by atoms with E-state index in [4.69, 9.17) is 0 Å². The average molecular weight is 489 g/mol. The zero-order chi connectivity index (χ0) is 26.2. The number of carbonyl (C=O) groups is 3. The van der Waals surface area contributed by atoms with Gasteiger partial charge in [0, 0.05) is 36.5 Å². The summed E-state index contributed by atoms with van der Waals surface area (Å²) in [5, 5.41) is 21.6. The van der Waals surface area contributed by atoms with E-state index in [0.717, 1.165) is 11.1 Å². The third-order valence-corrected chi connectivity index (χ3v) is 7.27. The normalized spacial score (nSPS) is 23.8. The fourth-order valence-electron chi connectivity index (χ4n) is 5.16. The maximum Gasteiger partial charge on any atom is 0.235 e. The third-order valence-electron chi connectivity index (χ3n) is 7.27. The second-order valence-corrected chi connectivity index (χ2v) is 9.90. The summed E-state index contributed by atoms with van der Waals surface area (Å²) in [5.74, 6) is -4.55. The number of carbonyl (C=O) groups excluding carboxylic acids is 3. The van der Waals surface area contributed by atoms with Crippen molar-refractivity contribution >= 4 is 29.0 Å². The first-order valence-electron chi connectivity index (χ1n) is 12.0. The van der Waals surface area contributed by atoms with Gasteiger partial charge in [-0.1, -0.05) is 36.4 Å². The van der Waals surface area contributed by atoms with Crippen LogP contribution in [0.1, 0.15) is 41.6 Å². The molecule has 1 fully saturated rings. The summed E-state index contributed by atoms with van der Waals surface area (Å²) in [6.07, 6.45) is 1.26. The number of aliphatic hydroxyl groups is 1. The molecule has 0 aliphatic heterocycles. The number of aromatic nitrogens is 2. The second-order valence-electron chi connectivity index (χ2n) is 9.90. The molecule has 1 aromatic heterocycles. The van der Waals surface area contributed by atoms with Gasteiger partial charge in [0.15, 0.2) is 0 Å². The minimum Gasteiger partial charge on any atom is -0.389 e. The van der Waals surface area contributed by atoms with Gasteiger partial charge >= 0.3 is 0 Å².